The number of rotatable bonds is 9. The van der Waals surface area contributed by atoms with Gasteiger partial charge in [0.25, 0.3) is 0 Å². The number of hydrogen-bond donors (Lipinski definition) is 2. The number of carbonyl (C=O) groups excluding carboxylic acids is 1. The van der Waals surface area contributed by atoms with E-state index in [-0.39, 0.29) is 18.4 Å². The molecule has 0 saturated carbocycles. The molecule has 0 saturated heterocycles. The summed E-state index contributed by atoms with van der Waals surface area (Å²) < 4.78 is 0. The minimum atomic E-state index is -0.787. The number of nitrogens with zero attached hydrogens (tertiary/aromatic N) is 1. The van der Waals surface area contributed by atoms with E-state index in [4.69, 9.17) is 5.11 Å². The quantitative estimate of drug-likeness (QED) is 0.677. The zero-order chi connectivity index (χ0) is 14.8. The summed E-state index contributed by atoms with van der Waals surface area (Å²) in [5.41, 5.74) is 0. The van der Waals surface area contributed by atoms with Crippen molar-refractivity contribution in [3.05, 3.63) is 0 Å². The van der Waals surface area contributed by atoms with Crippen LogP contribution in [0.25, 0.3) is 0 Å². The molecule has 0 spiro atoms. The van der Waals surface area contributed by atoms with Crippen molar-refractivity contribution in [2.24, 2.45) is 11.8 Å². The normalized spacial score (nSPS) is 13.7. The topological polar surface area (TPSA) is 69.6 Å². The lowest BCUT2D eigenvalue weighted by Crippen LogP contribution is -2.43. The first kappa shape index (κ1) is 17.7. The Kier molecular flexibility index (Phi) is 9.00. The van der Waals surface area contributed by atoms with Crippen molar-refractivity contribution < 1.29 is 14.7 Å². The molecule has 0 radical (unpaired) electrons. The van der Waals surface area contributed by atoms with Gasteiger partial charge in [0.05, 0.1) is 0 Å². The van der Waals surface area contributed by atoms with Crippen molar-refractivity contribution in [2.45, 2.75) is 47.0 Å². The van der Waals surface area contributed by atoms with E-state index in [1.807, 2.05) is 13.8 Å². The minimum absolute atomic E-state index is 0.0509. The summed E-state index contributed by atoms with van der Waals surface area (Å²) in [6.45, 7) is 10.2. The number of hydrogen-bond acceptors (Lipinski definition) is 2. The van der Waals surface area contributed by atoms with E-state index in [1.165, 1.54) is 0 Å². The molecule has 0 aliphatic carbocycles. The van der Waals surface area contributed by atoms with Crippen LogP contribution in [0.2, 0.25) is 0 Å². The Morgan fingerprint density at radius 2 is 1.84 bits per heavy atom. The summed E-state index contributed by atoms with van der Waals surface area (Å²) in [5, 5.41) is 11.5. The van der Waals surface area contributed by atoms with Gasteiger partial charge in [-0.1, -0.05) is 27.2 Å². The Morgan fingerprint density at radius 1 is 1.21 bits per heavy atom. The molecule has 2 amide bonds. The number of carbonyl (C=O) groups is 2. The van der Waals surface area contributed by atoms with Crippen LogP contribution in [-0.2, 0) is 4.79 Å². The first-order chi connectivity index (χ1) is 8.90. The van der Waals surface area contributed by atoms with Crippen LogP contribution < -0.4 is 5.32 Å². The van der Waals surface area contributed by atoms with Gasteiger partial charge in [-0.05, 0) is 25.2 Å². The molecule has 0 aromatic heterocycles. The summed E-state index contributed by atoms with van der Waals surface area (Å²) in [4.78, 5) is 24.2. The van der Waals surface area contributed by atoms with Crippen molar-refractivity contribution in [3.8, 4) is 0 Å². The van der Waals surface area contributed by atoms with Crippen molar-refractivity contribution in [2.75, 3.05) is 19.6 Å². The molecule has 5 heteroatoms. The van der Waals surface area contributed by atoms with Gasteiger partial charge in [0, 0.05) is 26.1 Å². The average Bonchev–Trinajstić information content (AvgIpc) is 2.39. The first-order valence-electron chi connectivity index (χ1n) is 7.15. The third-order valence-corrected chi connectivity index (χ3v) is 3.35. The molecule has 0 aliphatic heterocycles. The third kappa shape index (κ3) is 8.46. The molecule has 0 rings (SSSR count). The van der Waals surface area contributed by atoms with E-state index in [0.717, 1.165) is 13.0 Å². The van der Waals surface area contributed by atoms with Gasteiger partial charge < -0.3 is 15.3 Å². The Labute approximate surface area is 116 Å². The molecule has 0 aliphatic rings. The fourth-order valence-electron chi connectivity index (χ4n) is 1.71. The molecule has 0 aromatic rings. The van der Waals surface area contributed by atoms with Gasteiger partial charge in [0.2, 0.25) is 0 Å². The minimum Gasteiger partial charge on any atom is -0.481 e. The van der Waals surface area contributed by atoms with Crippen molar-refractivity contribution in [1.29, 1.82) is 0 Å². The summed E-state index contributed by atoms with van der Waals surface area (Å²) >= 11 is 0. The molecule has 2 atom stereocenters. The lowest BCUT2D eigenvalue weighted by molar-refractivity contribution is -0.137. The van der Waals surface area contributed by atoms with Gasteiger partial charge in [0.15, 0.2) is 0 Å². The van der Waals surface area contributed by atoms with Crippen LogP contribution in [-0.4, -0.2) is 41.6 Å². The number of carboxylic acids is 1. The SMILES string of the molecule is CCC(C)CN(CC)C(=O)NCC(C)CCC(=O)O. The smallest absolute Gasteiger partial charge is 0.317 e. The standard InChI is InChI=1S/C14H28N2O3/c1-5-11(3)10-16(6-2)14(19)15-9-12(4)7-8-13(17)18/h11-12H,5-10H2,1-4H3,(H,15,19)(H,17,18). The maximum atomic E-state index is 12.0. The second kappa shape index (κ2) is 9.64. The molecule has 2 N–H and O–H groups in total. The summed E-state index contributed by atoms with van der Waals surface area (Å²) in [7, 11) is 0. The fourth-order valence-corrected chi connectivity index (χ4v) is 1.71. The molecule has 0 fully saturated rings. The highest BCUT2D eigenvalue weighted by Crippen LogP contribution is 2.06. The van der Waals surface area contributed by atoms with Crippen LogP contribution in [0.3, 0.4) is 0 Å². The van der Waals surface area contributed by atoms with E-state index in [1.54, 1.807) is 4.90 Å². The maximum Gasteiger partial charge on any atom is 0.317 e. The molecule has 0 heterocycles. The molecule has 5 nitrogen and oxygen atoms in total. The molecule has 112 valence electrons. The van der Waals surface area contributed by atoms with Crippen LogP contribution in [0.4, 0.5) is 4.79 Å². The Bertz CT molecular complexity index is 282. The number of urea groups is 1. The molecular weight excluding hydrogens is 244 g/mol. The van der Waals surface area contributed by atoms with Crippen LogP contribution >= 0.6 is 0 Å². The fraction of sp³-hybridized carbons (Fsp3) is 0.857. The van der Waals surface area contributed by atoms with Gasteiger partial charge in [-0.25, -0.2) is 4.79 Å². The van der Waals surface area contributed by atoms with Crippen LogP contribution in [0.1, 0.15) is 47.0 Å². The monoisotopic (exact) mass is 272 g/mol. The predicted octanol–water partition coefficient (Wildman–Crippen LogP) is 2.56. The van der Waals surface area contributed by atoms with Gasteiger partial charge in [0.1, 0.15) is 0 Å². The average molecular weight is 272 g/mol. The van der Waals surface area contributed by atoms with Crippen molar-refractivity contribution >= 4 is 12.0 Å². The predicted molar refractivity (Wildman–Crippen MR) is 76.1 cm³/mol. The Morgan fingerprint density at radius 3 is 2.32 bits per heavy atom. The number of carboxylic acid groups (broad SMARTS) is 1. The highest BCUT2D eigenvalue weighted by atomic mass is 16.4. The van der Waals surface area contributed by atoms with Crippen LogP contribution in [0, 0.1) is 11.8 Å². The molecule has 0 bridgehead atoms. The van der Waals surface area contributed by atoms with E-state index in [2.05, 4.69) is 19.2 Å². The third-order valence-electron chi connectivity index (χ3n) is 3.35. The second-order valence-corrected chi connectivity index (χ2v) is 5.28. The summed E-state index contributed by atoms with van der Waals surface area (Å²) in [6, 6.07) is -0.0509. The Hall–Kier alpha value is -1.26. The zero-order valence-corrected chi connectivity index (χ0v) is 12.6. The first-order valence-corrected chi connectivity index (χ1v) is 7.15. The molecule has 0 aromatic carbocycles. The van der Waals surface area contributed by atoms with Crippen molar-refractivity contribution in [3.63, 3.8) is 0 Å². The second-order valence-electron chi connectivity index (χ2n) is 5.28. The lowest BCUT2D eigenvalue weighted by atomic mass is 10.1. The largest absolute Gasteiger partial charge is 0.481 e. The number of aliphatic carboxylic acids is 1. The molecular formula is C14H28N2O3. The number of nitrogens with one attached hydrogen (secondary N) is 1. The lowest BCUT2D eigenvalue weighted by Gasteiger charge is -2.25. The molecule has 19 heavy (non-hydrogen) atoms. The van der Waals surface area contributed by atoms with Crippen LogP contribution in [0.15, 0.2) is 0 Å². The van der Waals surface area contributed by atoms with E-state index < -0.39 is 5.97 Å². The molecule has 2 unspecified atom stereocenters. The Balaban J connectivity index is 4.02. The van der Waals surface area contributed by atoms with E-state index in [9.17, 15) is 9.59 Å². The van der Waals surface area contributed by atoms with Crippen LogP contribution in [0.5, 0.6) is 0 Å². The van der Waals surface area contributed by atoms with Gasteiger partial charge in [-0.15, -0.1) is 0 Å². The van der Waals surface area contributed by atoms with E-state index >= 15 is 0 Å². The van der Waals surface area contributed by atoms with Gasteiger partial charge in [-0.2, -0.15) is 0 Å². The summed E-state index contributed by atoms with van der Waals surface area (Å²) in [5.74, 6) is -0.109. The summed E-state index contributed by atoms with van der Waals surface area (Å²) in [6.07, 6.45) is 1.80. The van der Waals surface area contributed by atoms with E-state index in [0.29, 0.717) is 25.4 Å². The van der Waals surface area contributed by atoms with Gasteiger partial charge >= 0.3 is 12.0 Å². The maximum absolute atomic E-state index is 12.0. The number of amides is 2. The van der Waals surface area contributed by atoms with Crippen molar-refractivity contribution in [1.82, 2.24) is 10.2 Å². The zero-order valence-electron chi connectivity index (χ0n) is 12.6. The highest BCUT2D eigenvalue weighted by molar-refractivity contribution is 5.74. The van der Waals surface area contributed by atoms with Gasteiger partial charge in [-0.3, -0.25) is 4.79 Å². The highest BCUT2D eigenvalue weighted by Gasteiger charge is 2.14.